The summed E-state index contributed by atoms with van der Waals surface area (Å²) in [4.78, 5) is 15.3. The Morgan fingerprint density at radius 2 is 1.66 bits per heavy atom. The first kappa shape index (κ1) is 17.9. The summed E-state index contributed by atoms with van der Waals surface area (Å²) in [6.07, 6.45) is 0. The van der Waals surface area contributed by atoms with Crippen molar-refractivity contribution in [2.45, 2.75) is 12.6 Å². The summed E-state index contributed by atoms with van der Waals surface area (Å²) >= 11 is 3.58. The molecular formula is C24H18BrN3O. The third kappa shape index (κ3) is 3.17. The van der Waals surface area contributed by atoms with E-state index in [4.69, 9.17) is 0 Å². The van der Waals surface area contributed by atoms with Gasteiger partial charge in [0.15, 0.2) is 0 Å². The van der Waals surface area contributed by atoms with Gasteiger partial charge in [-0.1, -0.05) is 88.7 Å². The van der Waals surface area contributed by atoms with Crippen LogP contribution in [0.2, 0.25) is 0 Å². The number of hydrogen-bond donors (Lipinski definition) is 1. The molecule has 1 amide bonds. The number of fused-ring (bicyclic) bond motifs is 1. The highest BCUT2D eigenvalue weighted by atomic mass is 79.9. The van der Waals surface area contributed by atoms with E-state index >= 15 is 0 Å². The summed E-state index contributed by atoms with van der Waals surface area (Å²) in [6, 6.07) is 28.0. The summed E-state index contributed by atoms with van der Waals surface area (Å²) in [5.41, 5.74) is 5.50. The topological polar surface area (TPSA) is 49.0 Å². The summed E-state index contributed by atoms with van der Waals surface area (Å²) < 4.78 is 0.986. The Bertz CT molecular complexity index is 1170. The molecule has 0 bridgehead atoms. The van der Waals surface area contributed by atoms with Gasteiger partial charge in [0.25, 0.3) is 5.91 Å². The van der Waals surface area contributed by atoms with Crippen molar-refractivity contribution in [1.82, 2.24) is 15.1 Å². The Labute approximate surface area is 177 Å². The first-order valence-electron chi connectivity index (χ1n) is 9.46. The monoisotopic (exact) mass is 443 g/mol. The lowest BCUT2D eigenvalue weighted by molar-refractivity contribution is 0.0730. The Hall–Kier alpha value is -3.18. The lowest BCUT2D eigenvalue weighted by Crippen LogP contribution is -2.29. The van der Waals surface area contributed by atoms with Gasteiger partial charge in [0.2, 0.25) is 0 Å². The summed E-state index contributed by atoms with van der Waals surface area (Å²) in [5.74, 6) is -0.0245. The van der Waals surface area contributed by atoms with Crippen molar-refractivity contribution in [3.63, 3.8) is 0 Å². The van der Waals surface area contributed by atoms with Crippen molar-refractivity contribution in [2.75, 3.05) is 0 Å². The fourth-order valence-electron chi connectivity index (χ4n) is 3.98. The maximum absolute atomic E-state index is 13.4. The second-order valence-corrected chi connectivity index (χ2v) is 8.02. The molecule has 4 nitrogen and oxygen atoms in total. The summed E-state index contributed by atoms with van der Waals surface area (Å²) in [5, 5.41) is 7.53. The van der Waals surface area contributed by atoms with Crippen LogP contribution in [0, 0.1) is 0 Å². The van der Waals surface area contributed by atoms with E-state index < -0.39 is 0 Å². The normalized spacial score (nSPS) is 15.6. The van der Waals surface area contributed by atoms with Gasteiger partial charge in [-0.25, -0.2) is 0 Å². The van der Waals surface area contributed by atoms with Crippen molar-refractivity contribution in [1.29, 1.82) is 0 Å². The number of H-pyrrole nitrogens is 1. The molecule has 0 spiro atoms. The Morgan fingerprint density at radius 3 is 2.38 bits per heavy atom. The second-order valence-electron chi connectivity index (χ2n) is 7.10. The highest BCUT2D eigenvalue weighted by molar-refractivity contribution is 9.10. The van der Waals surface area contributed by atoms with Crippen LogP contribution in [0.15, 0.2) is 89.4 Å². The molecule has 0 fully saturated rings. The number of benzene rings is 3. The average molecular weight is 444 g/mol. The number of hydrogen-bond acceptors (Lipinski definition) is 2. The largest absolute Gasteiger partial charge is 0.322 e. The number of aromatic nitrogens is 2. The minimum Gasteiger partial charge on any atom is -0.322 e. The molecule has 29 heavy (non-hydrogen) atoms. The van der Waals surface area contributed by atoms with Crippen LogP contribution in [0.4, 0.5) is 0 Å². The van der Waals surface area contributed by atoms with E-state index in [1.54, 1.807) is 0 Å². The maximum atomic E-state index is 13.4. The number of nitrogens with one attached hydrogen (secondary N) is 1. The fraction of sp³-hybridized carbons (Fsp3) is 0.0833. The van der Waals surface area contributed by atoms with Gasteiger partial charge in [-0.2, -0.15) is 5.10 Å². The molecule has 1 atom stereocenters. The van der Waals surface area contributed by atoms with E-state index in [1.807, 2.05) is 77.7 Å². The third-order valence-electron chi connectivity index (χ3n) is 5.27. The van der Waals surface area contributed by atoms with Crippen LogP contribution in [0.5, 0.6) is 0 Å². The third-order valence-corrected chi connectivity index (χ3v) is 5.76. The minimum atomic E-state index is -0.204. The predicted octanol–water partition coefficient (Wildman–Crippen LogP) is 5.58. The van der Waals surface area contributed by atoms with Crippen LogP contribution in [0.25, 0.3) is 11.3 Å². The Kier molecular flexibility index (Phi) is 4.52. The van der Waals surface area contributed by atoms with Crippen LogP contribution >= 0.6 is 15.9 Å². The summed E-state index contributed by atoms with van der Waals surface area (Å²) in [7, 11) is 0. The van der Waals surface area contributed by atoms with Gasteiger partial charge < -0.3 is 4.90 Å². The first-order chi connectivity index (χ1) is 14.2. The lowest BCUT2D eigenvalue weighted by Gasteiger charge is -2.26. The van der Waals surface area contributed by atoms with Crippen LogP contribution in [0.3, 0.4) is 0 Å². The lowest BCUT2D eigenvalue weighted by atomic mass is 9.96. The van der Waals surface area contributed by atoms with Crippen LogP contribution < -0.4 is 0 Å². The van der Waals surface area contributed by atoms with Crippen molar-refractivity contribution < 1.29 is 4.79 Å². The number of amides is 1. The van der Waals surface area contributed by atoms with E-state index in [0.717, 1.165) is 32.4 Å². The van der Waals surface area contributed by atoms with Crippen LogP contribution in [-0.4, -0.2) is 21.0 Å². The van der Waals surface area contributed by atoms with Gasteiger partial charge in [0, 0.05) is 22.1 Å². The fourth-order valence-corrected chi connectivity index (χ4v) is 4.40. The quantitative estimate of drug-likeness (QED) is 0.447. The molecule has 4 aromatic rings. The Morgan fingerprint density at radius 1 is 0.931 bits per heavy atom. The van der Waals surface area contributed by atoms with Gasteiger partial charge in [-0.3, -0.25) is 9.89 Å². The van der Waals surface area contributed by atoms with Crippen molar-refractivity contribution in [2.24, 2.45) is 0 Å². The number of rotatable bonds is 4. The molecule has 2 heterocycles. The maximum Gasteiger partial charge on any atom is 0.273 e. The van der Waals surface area contributed by atoms with E-state index in [1.165, 1.54) is 0 Å². The van der Waals surface area contributed by atoms with Crippen molar-refractivity contribution in [3.8, 4) is 11.3 Å². The van der Waals surface area contributed by atoms with E-state index in [0.29, 0.717) is 12.2 Å². The van der Waals surface area contributed by atoms with Crippen LogP contribution in [-0.2, 0) is 6.54 Å². The molecular weight excluding hydrogens is 426 g/mol. The number of aromatic amines is 1. The molecule has 1 unspecified atom stereocenters. The molecule has 1 aromatic heterocycles. The highest BCUT2D eigenvalue weighted by Crippen LogP contribution is 2.43. The Balaban J connectivity index is 1.66. The molecule has 0 saturated carbocycles. The van der Waals surface area contributed by atoms with Gasteiger partial charge in [0.05, 0.1) is 11.7 Å². The molecule has 3 aromatic carbocycles. The molecule has 5 heteroatoms. The molecule has 0 aliphatic carbocycles. The van der Waals surface area contributed by atoms with Gasteiger partial charge >= 0.3 is 0 Å². The molecule has 5 rings (SSSR count). The molecule has 142 valence electrons. The van der Waals surface area contributed by atoms with Crippen molar-refractivity contribution >= 4 is 21.8 Å². The van der Waals surface area contributed by atoms with Gasteiger partial charge in [-0.15, -0.1) is 0 Å². The molecule has 1 aliphatic rings. The standard InChI is InChI=1S/C24H18BrN3O/c25-19-13-7-12-18(14-19)23-20-21(17-10-5-2-6-11-17)26-27-22(20)24(29)28(23)15-16-8-3-1-4-9-16/h1-14,23H,15H2,(H,26,27). The summed E-state index contributed by atoms with van der Waals surface area (Å²) in [6.45, 7) is 0.535. The average Bonchev–Trinajstić information content (AvgIpc) is 3.29. The number of carbonyl (C=O) groups excluding carboxylic acids is 1. The van der Waals surface area contributed by atoms with Gasteiger partial charge in [-0.05, 0) is 23.3 Å². The predicted molar refractivity (Wildman–Crippen MR) is 116 cm³/mol. The zero-order valence-corrected chi connectivity index (χ0v) is 17.1. The number of nitrogens with zero attached hydrogens (tertiary/aromatic N) is 2. The molecule has 0 saturated heterocycles. The number of carbonyl (C=O) groups is 1. The van der Waals surface area contributed by atoms with E-state index in [-0.39, 0.29) is 11.9 Å². The van der Waals surface area contributed by atoms with E-state index in [9.17, 15) is 4.79 Å². The minimum absolute atomic E-state index is 0.0245. The number of halogens is 1. The first-order valence-corrected chi connectivity index (χ1v) is 10.3. The SMILES string of the molecule is O=C1c2[nH]nc(-c3ccccc3)c2C(c2cccc(Br)c2)N1Cc1ccccc1. The van der Waals surface area contributed by atoms with Gasteiger partial charge in [0.1, 0.15) is 5.69 Å². The zero-order valence-electron chi connectivity index (χ0n) is 15.5. The molecule has 1 N–H and O–H groups in total. The van der Waals surface area contributed by atoms with Crippen LogP contribution in [0.1, 0.15) is 33.2 Å². The molecule has 1 aliphatic heterocycles. The molecule has 0 radical (unpaired) electrons. The van der Waals surface area contributed by atoms with E-state index in [2.05, 4.69) is 38.3 Å². The van der Waals surface area contributed by atoms with Crippen molar-refractivity contribution in [3.05, 3.63) is 112 Å². The highest BCUT2D eigenvalue weighted by Gasteiger charge is 2.42. The zero-order chi connectivity index (χ0) is 19.8. The smallest absolute Gasteiger partial charge is 0.273 e. The second kappa shape index (κ2) is 7.33.